The molecule has 32 heavy (non-hydrogen) atoms. The monoisotopic (exact) mass is 450 g/mol. The lowest BCUT2D eigenvalue weighted by Crippen LogP contribution is -2.54. The van der Waals surface area contributed by atoms with Crippen molar-refractivity contribution in [3.05, 3.63) is 76.2 Å². The number of thioether (sulfide) groups is 1. The van der Waals surface area contributed by atoms with Crippen molar-refractivity contribution in [2.24, 2.45) is 10.7 Å². The van der Waals surface area contributed by atoms with E-state index in [0.717, 1.165) is 27.8 Å². The van der Waals surface area contributed by atoms with Gasteiger partial charge in [-0.05, 0) is 54.5 Å². The Bertz CT molecular complexity index is 1130. The molecule has 1 saturated carbocycles. The summed E-state index contributed by atoms with van der Waals surface area (Å²) < 4.78 is 15.2. The van der Waals surface area contributed by atoms with Gasteiger partial charge in [-0.2, -0.15) is 0 Å². The number of nitrogens with zero attached hydrogens (tertiary/aromatic N) is 2. The van der Waals surface area contributed by atoms with Gasteiger partial charge in [-0.1, -0.05) is 54.2 Å². The first-order valence-corrected chi connectivity index (χ1v) is 11.8. The standard InChI is InChI=1S/C25H27FN4OS/c1-25(20-13-19(22(26)32-20)17-4-3-5-18(27)12-17)21(23(31)30(2)24(28)29-25)16-10-8-15(9-11-16)14-6-7-14/h3-5,8-14,19,21-22H,6-7,27H2,1-2H3,(H2,28,29)/t19?,21?,22?,25-/m1/s1. The van der Waals surface area contributed by atoms with Crippen LogP contribution in [0.15, 0.2) is 64.5 Å². The molecular weight excluding hydrogens is 423 g/mol. The normalized spacial score (nSPS) is 30.3. The number of benzene rings is 2. The fraction of sp³-hybridized carbons (Fsp3) is 0.360. The summed E-state index contributed by atoms with van der Waals surface area (Å²) in [4.78, 5) is 20.3. The minimum absolute atomic E-state index is 0.136. The fourth-order valence-corrected chi connectivity index (χ4v) is 5.99. The molecule has 2 aromatic carbocycles. The maximum absolute atomic E-state index is 15.2. The molecule has 0 saturated heterocycles. The van der Waals surface area contributed by atoms with Crippen LogP contribution >= 0.6 is 11.8 Å². The molecule has 1 aliphatic carbocycles. The van der Waals surface area contributed by atoms with E-state index in [1.165, 1.54) is 23.3 Å². The van der Waals surface area contributed by atoms with Gasteiger partial charge in [0.25, 0.3) is 0 Å². The number of guanidine groups is 1. The summed E-state index contributed by atoms with van der Waals surface area (Å²) in [6.45, 7) is 1.89. The van der Waals surface area contributed by atoms with Crippen LogP contribution in [0.25, 0.3) is 0 Å². The zero-order chi connectivity index (χ0) is 22.6. The first-order valence-electron chi connectivity index (χ1n) is 10.9. The van der Waals surface area contributed by atoms with Crippen molar-refractivity contribution in [1.82, 2.24) is 4.90 Å². The van der Waals surface area contributed by atoms with E-state index in [4.69, 9.17) is 16.5 Å². The summed E-state index contributed by atoms with van der Waals surface area (Å²) in [5.74, 6) is -0.401. The number of allylic oxidation sites excluding steroid dienone is 1. The van der Waals surface area contributed by atoms with Crippen LogP contribution in [0, 0.1) is 0 Å². The van der Waals surface area contributed by atoms with Gasteiger partial charge in [0.05, 0.1) is 5.92 Å². The maximum atomic E-state index is 15.2. The van der Waals surface area contributed by atoms with Crippen molar-refractivity contribution in [2.45, 2.75) is 48.6 Å². The van der Waals surface area contributed by atoms with Gasteiger partial charge in [0, 0.05) is 23.6 Å². The van der Waals surface area contributed by atoms with Crippen LogP contribution in [0.4, 0.5) is 10.1 Å². The average molecular weight is 451 g/mol. The molecule has 0 aromatic heterocycles. The Hall–Kier alpha value is -2.80. The molecule has 1 amide bonds. The summed E-state index contributed by atoms with van der Waals surface area (Å²) in [5, 5.41) is 0. The lowest BCUT2D eigenvalue weighted by molar-refractivity contribution is -0.129. The van der Waals surface area contributed by atoms with E-state index in [2.05, 4.69) is 12.1 Å². The topological polar surface area (TPSA) is 84.7 Å². The highest BCUT2D eigenvalue weighted by atomic mass is 32.2. The van der Waals surface area contributed by atoms with Gasteiger partial charge in [-0.15, -0.1) is 0 Å². The number of nitrogens with two attached hydrogens (primary N) is 2. The molecule has 5 rings (SSSR count). The molecule has 3 aliphatic rings. The largest absolute Gasteiger partial charge is 0.399 e. The Morgan fingerprint density at radius 2 is 1.78 bits per heavy atom. The SMILES string of the molecule is CN1C(=O)C(c2ccc(C3CC3)cc2)[C@@](C)(C2=CC(c3cccc(N)c3)C(F)S2)N=C1N. The smallest absolute Gasteiger partial charge is 0.239 e. The van der Waals surface area contributed by atoms with Gasteiger partial charge in [0.2, 0.25) is 5.91 Å². The second kappa shape index (κ2) is 7.66. The van der Waals surface area contributed by atoms with Gasteiger partial charge in [-0.3, -0.25) is 9.69 Å². The Labute approximate surface area is 191 Å². The molecule has 4 N–H and O–H groups in total. The molecule has 7 heteroatoms. The van der Waals surface area contributed by atoms with Gasteiger partial charge >= 0.3 is 0 Å². The number of hydrogen-bond donors (Lipinski definition) is 2. The first kappa shape index (κ1) is 21.1. The number of aliphatic imine (C=N–C) groups is 1. The highest BCUT2D eigenvalue weighted by Gasteiger charge is 2.51. The van der Waals surface area contributed by atoms with Gasteiger partial charge in [0.1, 0.15) is 5.54 Å². The molecule has 166 valence electrons. The average Bonchev–Trinajstić information content (AvgIpc) is 3.54. The Kier molecular flexibility index (Phi) is 5.04. The lowest BCUT2D eigenvalue weighted by Gasteiger charge is -2.41. The third-order valence-corrected chi connectivity index (χ3v) is 8.12. The number of hydrogen-bond acceptors (Lipinski definition) is 5. The van der Waals surface area contributed by atoms with E-state index < -0.39 is 22.9 Å². The molecule has 2 aromatic rings. The third kappa shape index (κ3) is 3.48. The van der Waals surface area contributed by atoms with Crippen LogP contribution in [0.3, 0.4) is 0 Å². The number of halogens is 1. The number of rotatable bonds is 4. The molecule has 5 nitrogen and oxygen atoms in total. The molecule has 0 bridgehead atoms. The molecule has 1 fully saturated rings. The number of likely N-dealkylation sites (N-methyl/N-ethyl adjacent to an activating group) is 1. The molecule has 2 aliphatic heterocycles. The molecule has 2 heterocycles. The van der Waals surface area contributed by atoms with Crippen LogP contribution in [-0.2, 0) is 4.79 Å². The predicted molar refractivity (Wildman–Crippen MR) is 128 cm³/mol. The number of alkyl halides is 1. The number of nitrogen functional groups attached to an aromatic ring is 1. The van der Waals surface area contributed by atoms with Crippen molar-refractivity contribution < 1.29 is 9.18 Å². The molecule has 0 spiro atoms. The van der Waals surface area contributed by atoms with Gasteiger partial charge in [0.15, 0.2) is 11.5 Å². The molecule has 4 atom stereocenters. The van der Waals surface area contributed by atoms with Crippen molar-refractivity contribution in [3.8, 4) is 0 Å². The van der Waals surface area contributed by atoms with E-state index in [1.807, 2.05) is 37.3 Å². The van der Waals surface area contributed by atoms with Crippen LogP contribution in [0.1, 0.15) is 54.2 Å². The van der Waals surface area contributed by atoms with Crippen molar-refractivity contribution in [2.75, 3.05) is 12.8 Å². The maximum Gasteiger partial charge on any atom is 0.239 e. The quantitative estimate of drug-likeness (QED) is 0.673. The Morgan fingerprint density at radius 3 is 2.44 bits per heavy atom. The second-order valence-corrected chi connectivity index (χ2v) is 10.2. The number of carbonyl (C=O) groups is 1. The van der Waals surface area contributed by atoms with Crippen molar-refractivity contribution >= 4 is 29.3 Å². The molecule has 0 radical (unpaired) electrons. The third-order valence-electron chi connectivity index (χ3n) is 6.80. The number of amides is 1. The Balaban J connectivity index is 1.57. The highest BCUT2D eigenvalue weighted by molar-refractivity contribution is 8.03. The summed E-state index contributed by atoms with van der Waals surface area (Å²) in [6.07, 6.45) is 4.33. The minimum atomic E-state index is -1.19. The summed E-state index contributed by atoms with van der Waals surface area (Å²) in [6, 6.07) is 15.5. The van der Waals surface area contributed by atoms with E-state index in [9.17, 15) is 4.79 Å². The predicted octanol–water partition coefficient (Wildman–Crippen LogP) is 4.49. The van der Waals surface area contributed by atoms with Crippen molar-refractivity contribution in [3.63, 3.8) is 0 Å². The van der Waals surface area contributed by atoms with Crippen LogP contribution in [-0.4, -0.2) is 34.9 Å². The second-order valence-electron chi connectivity index (χ2n) is 9.08. The number of carbonyl (C=O) groups excluding carboxylic acids is 1. The van der Waals surface area contributed by atoms with Crippen molar-refractivity contribution in [1.29, 1.82) is 0 Å². The zero-order valence-electron chi connectivity index (χ0n) is 18.2. The zero-order valence-corrected chi connectivity index (χ0v) is 19.0. The van der Waals surface area contributed by atoms with E-state index in [-0.39, 0.29) is 11.9 Å². The van der Waals surface area contributed by atoms with E-state index in [1.54, 1.807) is 19.2 Å². The van der Waals surface area contributed by atoms with E-state index in [0.29, 0.717) is 11.6 Å². The fourth-order valence-electron chi connectivity index (χ4n) is 4.74. The highest BCUT2D eigenvalue weighted by Crippen LogP contribution is 2.53. The minimum Gasteiger partial charge on any atom is -0.399 e. The molecule has 3 unspecified atom stereocenters. The van der Waals surface area contributed by atoms with Crippen LogP contribution in [0.2, 0.25) is 0 Å². The summed E-state index contributed by atoms with van der Waals surface area (Å²) in [7, 11) is 1.63. The Morgan fingerprint density at radius 1 is 1.09 bits per heavy atom. The summed E-state index contributed by atoms with van der Waals surface area (Å²) in [5.41, 5.74) is 13.5. The summed E-state index contributed by atoms with van der Waals surface area (Å²) >= 11 is 1.12. The lowest BCUT2D eigenvalue weighted by atomic mass is 9.77. The van der Waals surface area contributed by atoms with Gasteiger partial charge in [-0.25, -0.2) is 9.38 Å². The molecular formula is C25H27FN4OS. The van der Waals surface area contributed by atoms with E-state index >= 15 is 4.39 Å². The van der Waals surface area contributed by atoms with Gasteiger partial charge < -0.3 is 11.5 Å². The van der Waals surface area contributed by atoms with Crippen LogP contribution < -0.4 is 11.5 Å². The number of anilines is 1. The first-order chi connectivity index (χ1) is 15.3. The van der Waals surface area contributed by atoms with Crippen LogP contribution in [0.5, 0.6) is 0 Å².